The van der Waals surface area contributed by atoms with Gasteiger partial charge in [0.25, 0.3) is 0 Å². The topological polar surface area (TPSA) is 122 Å². The monoisotopic (exact) mass is 373 g/mol. The first-order valence-electron chi connectivity index (χ1n) is 9.23. The number of alkyl carbamates (subject to hydrolysis) is 1. The molecule has 0 aromatic carbocycles. The smallest absolute Gasteiger partial charge is 0.407 e. The van der Waals surface area contributed by atoms with E-state index in [0.29, 0.717) is 11.6 Å². The summed E-state index contributed by atoms with van der Waals surface area (Å²) in [4.78, 5) is 23.9. The lowest BCUT2D eigenvalue weighted by atomic mass is 10.0. The van der Waals surface area contributed by atoms with Crippen molar-refractivity contribution in [3.63, 3.8) is 0 Å². The summed E-state index contributed by atoms with van der Waals surface area (Å²) in [6, 6.07) is 3.48. The SMILES string of the molecule is CC1(NC(=O)O[C@@H]2CC[C@H](c3cc(NC(=O)Cc4ccno4)n[nH]3)C2)CC1. The number of anilines is 1. The maximum Gasteiger partial charge on any atom is 0.407 e. The number of hydrogen-bond acceptors (Lipinski definition) is 6. The van der Waals surface area contributed by atoms with Gasteiger partial charge in [0.2, 0.25) is 5.91 Å². The third-order valence-electron chi connectivity index (χ3n) is 5.19. The zero-order valence-corrected chi connectivity index (χ0v) is 15.2. The molecule has 144 valence electrons. The Balaban J connectivity index is 1.26. The maximum absolute atomic E-state index is 12.0. The molecule has 2 aliphatic carbocycles. The van der Waals surface area contributed by atoms with Crippen molar-refractivity contribution >= 4 is 17.8 Å². The Labute approximate surface area is 156 Å². The first kappa shape index (κ1) is 17.6. The van der Waals surface area contributed by atoms with Gasteiger partial charge in [-0.05, 0) is 39.0 Å². The highest BCUT2D eigenvalue weighted by Gasteiger charge is 2.40. The Morgan fingerprint density at radius 1 is 1.41 bits per heavy atom. The second-order valence-electron chi connectivity index (χ2n) is 7.64. The number of ether oxygens (including phenoxy) is 1. The molecule has 4 rings (SSSR count). The molecule has 2 saturated carbocycles. The molecular formula is C18H23N5O4. The molecule has 3 N–H and O–H groups in total. The van der Waals surface area contributed by atoms with Gasteiger partial charge in [-0.25, -0.2) is 4.79 Å². The van der Waals surface area contributed by atoms with Gasteiger partial charge in [-0.2, -0.15) is 5.10 Å². The summed E-state index contributed by atoms with van der Waals surface area (Å²) in [6.07, 6.45) is 5.68. The third-order valence-corrected chi connectivity index (χ3v) is 5.19. The Morgan fingerprint density at radius 2 is 2.26 bits per heavy atom. The van der Waals surface area contributed by atoms with Crippen molar-refractivity contribution in [1.82, 2.24) is 20.7 Å². The van der Waals surface area contributed by atoms with E-state index in [0.717, 1.165) is 37.8 Å². The van der Waals surface area contributed by atoms with E-state index in [2.05, 4.69) is 26.0 Å². The number of rotatable bonds is 6. The van der Waals surface area contributed by atoms with Crippen LogP contribution in [0.1, 0.15) is 56.4 Å². The third kappa shape index (κ3) is 4.47. The highest BCUT2D eigenvalue weighted by Crippen LogP contribution is 2.37. The molecule has 2 atom stereocenters. The molecule has 0 saturated heterocycles. The summed E-state index contributed by atoms with van der Waals surface area (Å²) in [5.41, 5.74) is 0.864. The molecule has 2 aromatic rings. The predicted molar refractivity (Wildman–Crippen MR) is 95.1 cm³/mol. The van der Waals surface area contributed by atoms with E-state index < -0.39 is 0 Å². The summed E-state index contributed by atoms with van der Waals surface area (Å²) in [5.74, 6) is 0.977. The van der Waals surface area contributed by atoms with Gasteiger partial charge >= 0.3 is 6.09 Å². The fourth-order valence-electron chi connectivity index (χ4n) is 3.36. The molecule has 0 bridgehead atoms. The van der Waals surface area contributed by atoms with Gasteiger partial charge in [0.1, 0.15) is 11.9 Å². The minimum atomic E-state index is -0.328. The first-order valence-corrected chi connectivity index (χ1v) is 9.23. The summed E-state index contributed by atoms with van der Waals surface area (Å²) in [7, 11) is 0. The van der Waals surface area contributed by atoms with E-state index in [9.17, 15) is 9.59 Å². The molecule has 2 aromatic heterocycles. The van der Waals surface area contributed by atoms with Gasteiger partial charge in [-0.3, -0.25) is 9.89 Å². The van der Waals surface area contributed by atoms with Crippen LogP contribution >= 0.6 is 0 Å². The molecule has 0 aliphatic heterocycles. The van der Waals surface area contributed by atoms with Crippen LogP contribution in [0.4, 0.5) is 10.6 Å². The van der Waals surface area contributed by atoms with Crippen LogP contribution in [0.5, 0.6) is 0 Å². The first-order chi connectivity index (χ1) is 13.0. The second-order valence-corrected chi connectivity index (χ2v) is 7.64. The lowest BCUT2D eigenvalue weighted by molar-refractivity contribution is -0.115. The summed E-state index contributed by atoms with van der Waals surface area (Å²) >= 11 is 0. The Kier molecular flexibility index (Phi) is 4.59. The second kappa shape index (κ2) is 7.05. The van der Waals surface area contributed by atoms with Crippen LogP contribution in [0.2, 0.25) is 0 Å². The summed E-state index contributed by atoms with van der Waals surface area (Å²) < 4.78 is 10.5. The molecule has 0 radical (unpaired) electrons. The van der Waals surface area contributed by atoms with Crippen LogP contribution < -0.4 is 10.6 Å². The van der Waals surface area contributed by atoms with Crippen molar-refractivity contribution in [2.24, 2.45) is 0 Å². The van der Waals surface area contributed by atoms with E-state index in [1.807, 2.05) is 13.0 Å². The normalized spacial score (nSPS) is 23.0. The number of hydrogen-bond donors (Lipinski definition) is 3. The van der Waals surface area contributed by atoms with Gasteiger partial charge in [0.15, 0.2) is 5.82 Å². The fourth-order valence-corrected chi connectivity index (χ4v) is 3.36. The quantitative estimate of drug-likeness (QED) is 0.715. The van der Waals surface area contributed by atoms with Crippen molar-refractivity contribution in [2.75, 3.05) is 5.32 Å². The van der Waals surface area contributed by atoms with E-state index in [4.69, 9.17) is 9.26 Å². The number of nitrogens with one attached hydrogen (secondary N) is 3. The standard InChI is InChI=1S/C18H23N5O4/c1-18(5-6-18)21-17(25)26-12-3-2-11(8-12)14-10-15(23-22-14)20-16(24)9-13-4-7-19-27-13/h4,7,10-12H,2-3,5-6,8-9H2,1H3,(H,21,25)(H2,20,22,23,24)/t11-,12+/m0/s1. The maximum atomic E-state index is 12.0. The number of nitrogens with zero attached hydrogens (tertiary/aromatic N) is 2. The van der Waals surface area contributed by atoms with E-state index in [-0.39, 0.29) is 36.0 Å². The van der Waals surface area contributed by atoms with Crippen LogP contribution in [0.3, 0.4) is 0 Å². The Morgan fingerprint density at radius 3 is 3.00 bits per heavy atom. The summed E-state index contributed by atoms with van der Waals surface area (Å²) in [6.45, 7) is 2.02. The highest BCUT2D eigenvalue weighted by atomic mass is 16.6. The Hall–Kier alpha value is -2.84. The van der Waals surface area contributed by atoms with Gasteiger partial charge in [0, 0.05) is 29.3 Å². The highest BCUT2D eigenvalue weighted by molar-refractivity contribution is 5.91. The Bertz CT molecular complexity index is 812. The van der Waals surface area contributed by atoms with Gasteiger partial charge < -0.3 is 19.9 Å². The van der Waals surface area contributed by atoms with Crippen molar-refractivity contribution in [1.29, 1.82) is 0 Å². The molecule has 9 heteroatoms. The molecule has 2 fully saturated rings. The lowest BCUT2D eigenvalue weighted by Gasteiger charge is -2.16. The van der Waals surface area contributed by atoms with Gasteiger partial charge in [-0.1, -0.05) is 5.16 Å². The average Bonchev–Trinajstić information content (AvgIpc) is 3.10. The fraction of sp³-hybridized carbons (Fsp3) is 0.556. The molecule has 2 heterocycles. The molecule has 0 spiro atoms. The molecule has 2 aliphatic rings. The average molecular weight is 373 g/mol. The zero-order chi connectivity index (χ0) is 18.9. The van der Waals surface area contributed by atoms with Crippen LogP contribution in [0, 0.1) is 0 Å². The van der Waals surface area contributed by atoms with Crippen LogP contribution in [-0.2, 0) is 16.0 Å². The summed E-state index contributed by atoms with van der Waals surface area (Å²) in [5, 5.41) is 16.3. The van der Waals surface area contributed by atoms with Crippen molar-refractivity contribution in [3.8, 4) is 0 Å². The van der Waals surface area contributed by atoms with E-state index >= 15 is 0 Å². The van der Waals surface area contributed by atoms with Crippen LogP contribution in [0.15, 0.2) is 22.9 Å². The van der Waals surface area contributed by atoms with Crippen LogP contribution in [-0.4, -0.2) is 39.0 Å². The van der Waals surface area contributed by atoms with Crippen LogP contribution in [0.25, 0.3) is 0 Å². The minimum absolute atomic E-state index is 0.0721. The molecular weight excluding hydrogens is 350 g/mol. The number of carbonyl (C=O) groups is 2. The molecule has 2 amide bonds. The minimum Gasteiger partial charge on any atom is -0.446 e. The van der Waals surface area contributed by atoms with E-state index in [1.165, 1.54) is 6.20 Å². The number of aromatic amines is 1. The van der Waals surface area contributed by atoms with Gasteiger partial charge in [-0.15, -0.1) is 0 Å². The molecule has 9 nitrogen and oxygen atoms in total. The zero-order valence-electron chi connectivity index (χ0n) is 15.2. The number of amides is 2. The number of aromatic nitrogens is 3. The van der Waals surface area contributed by atoms with Crippen molar-refractivity contribution < 1.29 is 18.8 Å². The van der Waals surface area contributed by atoms with E-state index in [1.54, 1.807) is 6.07 Å². The number of carbonyl (C=O) groups excluding carboxylic acids is 2. The van der Waals surface area contributed by atoms with Crippen molar-refractivity contribution in [2.45, 2.75) is 63.0 Å². The van der Waals surface area contributed by atoms with Crippen molar-refractivity contribution in [3.05, 3.63) is 29.8 Å². The molecule has 0 unspecified atom stereocenters. The van der Waals surface area contributed by atoms with Gasteiger partial charge in [0.05, 0.1) is 12.6 Å². The number of H-pyrrole nitrogens is 1. The molecule has 27 heavy (non-hydrogen) atoms. The lowest BCUT2D eigenvalue weighted by Crippen LogP contribution is -2.36. The predicted octanol–water partition coefficient (Wildman–Crippen LogP) is 2.49. The largest absolute Gasteiger partial charge is 0.446 e.